The minimum absolute atomic E-state index is 0.0967. The third-order valence-corrected chi connectivity index (χ3v) is 4.01. The molecular weight excluding hydrogens is 236 g/mol. The monoisotopic (exact) mass is 254 g/mol. The van der Waals surface area contributed by atoms with Gasteiger partial charge in [-0.25, -0.2) is 0 Å². The predicted octanol–water partition coefficient (Wildman–Crippen LogP) is 2.38. The first-order chi connectivity index (χ1) is 8.26. The Morgan fingerprint density at radius 2 is 2.18 bits per heavy atom. The smallest absolute Gasteiger partial charge is 0.0634 e. The number of nitrogens with zero attached hydrogens (tertiary/aromatic N) is 1. The molecule has 0 unspecified atom stereocenters. The topological polar surface area (TPSA) is 45.1 Å². The summed E-state index contributed by atoms with van der Waals surface area (Å²) in [5.74, 6) is 0. The normalized spacial score (nSPS) is 18.5. The first-order valence-corrected chi connectivity index (χ1v) is 6.54. The van der Waals surface area contributed by atoms with E-state index in [2.05, 4.69) is 10.3 Å². The summed E-state index contributed by atoms with van der Waals surface area (Å²) >= 11 is 6.04. The highest BCUT2D eigenvalue weighted by atomic mass is 35.5. The van der Waals surface area contributed by atoms with E-state index in [0.717, 1.165) is 31.5 Å². The maximum absolute atomic E-state index is 9.49. The summed E-state index contributed by atoms with van der Waals surface area (Å²) in [5, 5.41) is 13.6. The number of aliphatic hydroxyl groups is 1. The van der Waals surface area contributed by atoms with Crippen molar-refractivity contribution in [3.05, 3.63) is 29.0 Å². The molecule has 1 heterocycles. The Morgan fingerprint density at radius 1 is 1.41 bits per heavy atom. The lowest BCUT2D eigenvalue weighted by Gasteiger charge is -2.26. The van der Waals surface area contributed by atoms with Gasteiger partial charge in [0.25, 0.3) is 0 Å². The molecule has 17 heavy (non-hydrogen) atoms. The van der Waals surface area contributed by atoms with Crippen LogP contribution in [0.4, 0.5) is 0 Å². The first kappa shape index (κ1) is 12.8. The molecule has 0 aliphatic heterocycles. The van der Waals surface area contributed by atoms with Crippen LogP contribution in [0.1, 0.15) is 31.2 Å². The van der Waals surface area contributed by atoms with Crippen molar-refractivity contribution in [3.8, 4) is 0 Å². The fraction of sp³-hybridized carbons (Fsp3) is 0.615. The Hall–Kier alpha value is -0.640. The minimum Gasteiger partial charge on any atom is -0.396 e. The molecule has 1 saturated carbocycles. The highest BCUT2D eigenvalue weighted by Crippen LogP contribution is 2.36. The molecule has 94 valence electrons. The van der Waals surface area contributed by atoms with Gasteiger partial charge in [-0.3, -0.25) is 4.98 Å². The van der Waals surface area contributed by atoms with Gasteiger partial charge in [0.1, 0.15) is 0 Å². The Bertz CT molecular complexity index is 364. The van der Waals surface area contributed by atoms with Gasteiger partial charge in [0.05, 0.1) is 5.02 Å². The van der Waals surface area contributed by atoms with E-state index in [1.165, 1.54) is 12.8 Å². The lowest BCUT2D eigenvalue weighted by atomic mass is 9.87. The zero-order chi connectivity index (χ0) is 12.1. The van der Waals surface area contributed by atoms with Crippen LogP contribution in [0.5, 0.6) is 0 Å². The van der Waals surface area contributed by atoms with Crippen molar-refractivity contribution in [2.45, 2.75) is 32.2 Å². The molecule has 1 aliphatic carbocycles. The van der Waals surface area contributed by atoms with Gasteiger partial charge in [0.15, 0.2) is 0 Å². The average Bonchev–Trinajstić information content (AvgIpc) is 2.81. The number of hydrogen-bond donors (Lipinski definition) is 2. The van der Waals surface area contributed by atoms with Crippen LogP contribution in [0, 0.1) is 5.41 Å². The standard InChI is InChI=1S/C13H19ClN2O/c14-12-8-15-6-3-11(12)7-16-9-13(10-17)4-1-2-5-13/h3,6,8,16-17H,1-2,4-5,7,9-10H2. The van der Waals surface area contributed by atoms with Crippen molar-refractivity contribution in [1.82, 2.24) is 10.3 Å². The number of pyridine rings is 1. The van der Waals surface area contributed by atoms with Crippen LogP contribution in [0.25, 0.3) is 0 Å². The molecule has 0 radical (unpaired) electrons. The molecule has 0 saturated heterocycles. The predicted molar refractivity (Wildman–Crippen MR) is 68.9 cm³/mol. The second-order valence-corrected chi connectivity index (χ2v) is 5.34. The summed E-state index contributed by atoms with van der Waals surface area (Å²) in [6, 6.07) is 1.93. The van der Waals surface area contributed by atoms with Gasteiger partial charge in [0.2, 0.25) is 0 Å². The van der Waals surface area contributed by atoms with Crippen LogP contribution in [0.15, 0.2) is 18.5 Å². The summed E-state index contributed by atoms with van der Waals surface area (Å²) in [4.78, 5) is 3.96. The SMILES string of the molecule is OCC1(CNCc2ccncc2Cl)CCCC1. The molecule has 0 aromatic carbocycles. The maximum Gasteiger partial charge on any atom is 0.0634 e. The lowest BCUT2D eigenvalue weighted by Crippen LogP contribution is -2.34. The maximum atomic E-state index is 9.49. The molecule has 4 heteroatoms. The Morgan fingerprint density at radius 3 is 2.82 bits per heavy atom. The van der Waals surface area contributed by atoms with Crippen molar-refractivity contribution in [3.63, 3.8) is 0 Å². The first-order valence-electron chi connectivity index (χ1n) is 6.16. The molecule has 1 aromatic heterocycles. The number of aliphatic hydroxyl groups excluding tert-OH is 1. The fourth-order valence-electron chi connectivity index (χ4n) is 2.53. The van der Waals surface area contributed by atoms with Crippen LogP contribution in [0.3, 0.4) is 0 Å². The lowest BCUT2D eigenvalue weighted by molar-refractivity contribution is 0.128. The average molecular weight is 255 g/mol. The molecular formula is C13H19ClN2O. The molecule has 1 fully saturated rings. The zero-order valence-electron chi connectivity index (χ0n) is 9.95. The minimum atomic E-state index is 0.0967. The van der Waals surface area contributed by atoms with E-state index in [9.17, 15) is 5.11 Å². The van der Waals surface area contributed by atoms with E-state index in [0.29, 0.717) is 5.02 Å². The largest absolute Gasteiger partial charge is 0.396 e. The molecule has 1 aliphatic rings. The van der Waals surface area contributed by atoms with Crippen molar-refractivity contribution in [2.75, 3.05) is 13.2 Å². The summed E-state index contributed by atoms with van der Waals surface area (Å²) in [7, 11) is 0. The summed E-state index contributed by atoms with van der Waals surface area (Å²) < 4.78 is 0. The van der Waals surface area contributed by atoms with E-state index < -0.39 is 0 Å². The van der Waals surface area contributed by atoms with Crippen LogP contribution < -0.4 is 5.32 Å². The third kappa shape index (κ3) is 3.18. The summed E-state index contributed by atoms with van der Waals surface area (Å²) in [5.41, 5.74) is 1.16. The van der Waals surface area contributed by atoms with Crippen molar-refractivity contribution in [1.29, 1.82) is 0 Å². The van der Waals surface area contributed by atoms with Gasteiger partial charge in [0, 0.05) is 37.5 Å². The molecule has 3 nitrogen and oxygen atoms in total. The van der Waals surface area contributed by atoms with Gasteiger partial charge < -0.3 is 10.4 Å². The molecule has 0 amide bonds. The number of nitrogens with one attached hydrogen (secondary N) is 1. The van der Waals surface area contributed by atoms with Crippen molar-refractivity contribution < 1.29 is 5.11 Å². The fourth-order valence-corrected chi connectivity index (χ4v) is 2.71. The van der Waals surface area contributed by atoms with Gasteiger partial charge in [-0.15, -0.1) is 0 Å². The Kier molecular flexibility index (Phi) is 4.37. The quantitative estimate of drug-likeness (QED) is 0.848. The van der Waals surface area contributed by atoms with Gasteiger partial charge in [-0.2, -0.15) is 0 Å². The van der Waals surface area contributed by atoms with E-state index in [-0.39, 0.29) is 12.0 Å². The Balaban J connectivity index is 1.85. The van der Waals surface area contributed by atoms with E-state index in [1.807, 2.05) is 6.07 Å². The van der Waals surface area contributed by atoms with Gasteiger partial charge in [-0.1, -0.05) is 24.4 Å². The van der Waals surface area contributed by atoms with E-state index in [4.69, 9.17) is 11.6 Å². The number of hydrogen-bond acceptors (Lipinski definition) is 3. The number of rotatable bonds is 5. The molecule has 0 atom stereocenters. The second kappa shape index (κ2) is 5.80. The zero-order valence-corrected chi connectivity index (χ0v) is 10.7. The second-order valence-electron chi connectivity index (χ2n) is 4.94. The van der Waals surface area contributed by atoms with Crippen molar-refractivity contribution >= 4 is 11.6 Å². The summed E-state index contributed by atoms with van der Waals surface area (Å²) in [6.07, 6.45) is 8.13. The van der Waals surface area contributed by atoms with E-state index >= 15 is 0 Å². The highest BCUT2D eigenvalue weighted by Gasteiger charge is 2.32. The summed E-state index contributed by atoms with van der Waals surface area (Å²) in [6.45, 7) is 1.88. The van der Waals surface area contributed by atoms with Gasteiger partial charge >= 0.3 is 0 Å². The van der Waals surface area contributed by atoms with Crippen LogP contribution >= 0.6 is 11.6 Å². The van der Waals surface area contributed by atoms with Crippen LogP contribution in [0.2, 0.25) is 5.02 Å². The number of halogens is 1. The highest BCUT2D eigenvalue weighted by molar-refractivity contribution is 6.31. The van der Waals surface area contributed by atoms with Crippen LogP contribution in [-0.2, 0) is 6.54 Å². The molecule has 2 N–H and O–H groups in total. The van der Waals surface area contributed by atoms with Gasteiger partial charge in [-0.05, 0) is 24.5 Å². The van der Waals surface area contributed by atoms with Crippen LogP contribution in [-0.4, -0.2) is 23.2 Å². The molecule has 0 spiro atoms. The molecule has 1 aromatic rings. The Labute approximate surface area is 107 Å². The molecule has 2 rings (SSSR count). The molecule has 0 bridgehead atoms. The van der Waals surface area contributed by atoms with Crippen molar-refractivity contribution in [2.24, 2.45) is 5.41 Å². The third-order valence-electron chi connectivity index (χ3n) is 3.67. The number of aromatic nitrogens is 1. The van der Waals surface area contributed by atoms with E-state index in [1.54, 1.807) is 12.4 Å².